The number of para-hydroxylation sites is 1. The maximum absolute atomic E-state index is 12.4. The number of nitrogens with zero attached hydrogens (tertiary/aromatic N) is 1. The fourth-order valence-corrected chi connectivity index (χ4v) is 3.64. The number of carbonyl (C=O) groups excluding carboxylic acids is 2. The number of rotatable bonds is 8. The lowest BCUT2D eigenvalue weighted by atomic mass is 10.1. The van der Waals surface area contributed by atoms with Crippen molar-refractivity contribution in [1.29, 1.82) is 0 Å². The fourth-order valence-electron chi connectivity index (χ4n) is 3.64. The van der Waals surface area contributed by atoms with Crippen LogP contribution in [0.3, 0.4) is 0 Å². The Labute approximate surface area is 188 Å². The Hall–Kier alpha value is -3.88. The number of carbonyl (C=O) groups is 2. The van der Waals surface area contributed by atoms with Crippen LogP contribution in [0, 0.1) is 11.8 Å². The highest BCUT2D eigenvalue weighted by molar-refractivity contribution is 6.21. The number of amides is 2. The van der Waals surface area contributed by atoms with Gasteiger partial charge in [-0.2, -0.15) is 0 Å². The maximum Gasteiger partial charge on any atom is 0.261 e. The third-order valence-corrected chi connectivity index (χ3v) is 5.34. The summed E-state index contributed by atoms with van der Waals surface area (Å²) in [5.41, 5.74) is 10.5. The zero-order chi connectivity index (χ0) is 22.2. The standard InChI is InChI=1S/C27H25N3O2/c31-26-24-17-9-10-18-25(24)27(32)30(26)19-11-2-1-4-12-21-13-7-8-14-22(21)20-28-29-23-15-5-3-6-16-23/h3,5-10,13-18,28-29H,1-2,11,19-20H2. The second-order valence-corrected chi connectivity index (χ2v) is 7.57. The van der Waals surface area contributed by atoms with Crippen LogP contribution in [0.5, 0.6) is 0 Å². The summed E-state index contributed by atoms with van der Waals surface area (Å²) in [6.45, 7) is 1.08. The molecule has 160 valence electrons. The molecule has 1 heterocycles. The van der Waals surface area contributed by atoms with Crippen molar-refractivity contribution in [1.82, 2.24) is 10.3 Å². The molecule has 5 heteroatoms. The quantitative estimate of drug-likeness (QED) is 0.240. The molecular weight excluding hydrogens is 398 g/mol. The summed E-state index contributed by atoms with van der Waals surface area (Å²) < 4.78 is 0. The van der Waals surface area contributed by atoms with Gasteiger partial charge >= 0.3 is 0 Å². The molecule has 32 heavy (non-hydrogen) atoms. The highest BCUT2D eigenvalue weighted by Crippen LogP contribution is 2.22. The first kappa shape index (κ1) is 21.4. The van der Waals surface area contributed by atoms with Crippen LogP contribution in [-0.2, 0) is 6.54 Å². The smallest absolute Gasteiger partial charge is 0.261 e. The van der Waals surface area contributed by atoms with Crippen LogP contribution in [0.25, 0.3) is 0 Å². The minimum absolute atomic E-state index is 0.192. The van der Waals surface area contributed by atoms with Gasteiger partial charge < -0.3 is 5.43 Å². The summed E-state index contributed by atoms with van der Waals surface area (Å²) in [6, 6.07) is 25.0. The topological polar surface area (TPSA) is 61.4 Å². The summed E-state index contributed by atoms with van der Waals surface area (Å²) in [6.07, 6.45) is 2.29. The first-order valence-corrected chi connectivity index (χ1v) is 10.8. The third kappa shape index (κ3) is 5.05. The average molecular weight is 424 g/mol. The van der Waals surface area contributed by atoms with Crippen molar-refractivity contribution < 1.29 is 9.59 Å². The highest BCUT2D eigenvalue weighted by atomic mass is 16.2. The molecule has 5 nitrogen and oxygen atoms in total. The second-order valence-electron chi connectivity index (χ2n) is 7.57. The zero-order valence-electron chi connectivity index (χ0n) is 17.8. The molecule has 2 N–H and O–H groups in total. The van der Waals surface area contributed by atoms with E-state index in [0.29, 0.717) is 30.6 Å². The van der Waals surface area contributed by atoms with Crippen LogP contribution in [0.15, 0.2) is 78.9 Å². The minimum atomic E-state index is -0.192. The van der Waals surface area contributed by atoms with E-state index >= 15 is 0 Å². The molecule has 4 rings (SSSR count). The molecule has 0 saturated carbocycles. The van der Waals surface area contributed by atoms with Crippen LogP contribution in [0.2, 0.25) is 0 Å². The predicted molar refractivity (Wildman–Crippen MR) is 126 cm³/mol. The first-order valence-electron chi connectivity index (χ1n) is 10.8. The Morgan fingerprint density at radius 3 is 2.16 bits per heavy atom. The van der Waals surface area contributed by atoms with Gasteiger partial charge in [0.1, 0.15) is 0 Å². The van der Waals surface area contributed by atoms with Gasteiger partial charge in [-0.3, -0.25) is 14.5 Å². The molecule has 0 aliphatic carbocycles. The van der Waals surface area contributed by atoms with Gasteiger partial charge in [-0.1, -0.05) is 60.4 Å². The number of anilines is 1. The largest absolute Gasteiger partial charge is 0.321 e. The SMILES string of the molecule is O=C1c2ccccc2C(=O)N1CCCCC#Cc1ccccc1CNNc1ccccc1. The van der Waals surface area contributed by atoms with Crippen molar-refractivity contribution in [2.75, 3.05) is 12.0 Å². The fraction of sp³-hybridized carbons (Fsp3) is 0.185. The molecule has 0 fully saturated rings. The van der Waals surface area contributed by atoms with E-state index in [1.807, 2.05) is 48.5 Å². The molecule has 1 aliphatic rings. The number of benzene rings is 3. The molecule has 0 bridgehead atoms. The van der Waals surface area contributed by atoms with Crippen LogP contribution in [-0.4, -0.2) is 23.3 Å². The monoisotopic (exact) mass is 423 g/mol. The van der Waals surface area contributed by atoms with E-state index in [2.05, 4.69) is 28.8 Å². The van der Waals surface area contributed by atoms with Gasteiger partial charge in [0.15, 0.2) is 0 Å². The van der Waals surface area contributed by atoms with E-state index < -0.39 is 0 Å². The molecule has 3 aromatic rings. The average Bonchev–Trinajstić information content (AvgIpc) is 3.08. The lowest BCUT2D eigenvalue weighted by Gasteiger charge is -2.12. The summed E-state index contributed by atoms with van der Waals surface area (Å²) in [7, 11) is 0. The minimum Gasteiger partial charge on any atom is -0.321 e. The van der Waals surface area contributed by atoms with Gasteiger partial charge in [-0.25, -0.2) is 5.43 Å². The van der Waals surface area contributed by atoms with Crippen molar-refractivity contribution in [3.8, 4) is 11.8 Å². The van der Waals surface area contributed by atoms with Gasteiger partial charge in [0, 0.05) is 30.8 Å². The highest BCUT2D eigenvalue weighted by Gasteiger charge is 2.34. The number of hydrogen-bond donors (Lipinski definition) is 2. The number of hydrogen-bond acceptors (Lipinski definition) is 4. The van der Waals surface area contributed by atoms with Crippen LogP contribution >= 0.6 is 0 Å². The van der Waals surface area contributed by atoms with Gasteiger partial charge in [0.05, 0.1) is 11.1 Å². The Bertz CT molecular complexity index is 1130. The van der Waals surface area contributed by atoms with Crippen molar-refractivity contribution in [3.05, 3.63) is 101 Å². The van der Waals surface area contributed by atoms with Crippen LogP contribution in [0.4, 0.5) is 5.69 Å². The Morgan fingerprint density at radius 2 is 1.41 bits per heavy atom. The summed E-state index contributed by atoms with van der Waals surface area (Å²) in [5.74, 6) is 6.10. The third-order valence-electron chi connectivity index (χ3n) is 5.34. The molecule has 3 aromatic carbocycles. The summed E-state index contributed by atoms with van der Waals surface area (Å²) in [5, 5.41) is 0. The molecule has 1 aliphatic heterocycles. The van der Waals surface area contributed by atoms with Gasteiger partial charge in [0.2, 0.25) is 0 Å². The van der Waals surface area contributed by atoms with Crippen molar-refractivity contribution in [3.63, 3.8) is 0 Å². The number of nitrogens with one attached hydrogen (secondary N) is 2. The Morgan fingerprint density at radius 1 is 0.750 bits per heavy atom. The van der Waals surface area contributed by atoms with Gasteiger partial charge in [-0.15, -0.1) is 0 Å². The Balaban J connectivity index is 1.24. The number of fused-ring (bicyclic) bond motifs is 1. The van der Waals surface area contributed by atoms with Crippen LogP contribution < -0.4 is 10.9 Å². The summed E-state index contributed by atoms with van der Waals surface area (Å²) >= 11 is 0. The zero-order valence-corrected chi connectivity index (χ0v) is 17.8. The van der Waals surface area contributed by atoms with Crippen molar-refractivity contribution in [2.45, 2.75) is 25.8 Å². The number of hydrazine groups is 1. The number of unbranched alkanes of at least 4 members (excludes halogenated alkanes) is 2. The molecule has 0 saturated heterocycles. The summed E-state index contributed by atoms with van der Waals surface area (Å²) in [4.78, 5) is 26.1. The van der Waals surface area contributed by atoms with E-state index in [0.717, 1.165) is 29.7 Å². The molecule has 0 atom stereocenters. The van der Waals surface area contributed by atoms with Gasteiger partial charge in [0.25, 0.3) is 11.8 Å². The van der Waals surface area contributed by atoms with Crippen molar-refractivity contribution in [2.24, 2.45) is 0 Å². The van der Waals surface area contributed by atoms with E-state index in [-0.39, 0.29) is 11.8 Å². The lowest BCUT2D eigenvalue weighted by Crippen LogP contribution is -2.30. The van der Waals surface area contributed by atoms with Gasteiger partial charge in [-0.05, 0) is 48.7 Å². The van der Waals surface area contributed by atoms with Crippen LogP contribution in [0.1, 0.15) is 51.1 Å². The molecule has 2 amide bonds. The molecule has 0 aromatic heterocycles. The van der Waals surface area contributed by atoms with E-state index in [4.69, 9.17) is 0 Å². The predicted octanol–water partition coefficient (Wildman–Crippen LogP) is 4.62. The first-order chi connectivity index (χ1) is 15.7. The second kappa shape index (κ2) is 10.4. The molecular formula is C27H25N3O2. The molecule has 0 unspecified atom stereocenters. The van der Waals surface area contributed by atoms with E-state index in [1.54, 1.807) is 24.3 Å². The van der Waals surface area contributed by atoms with E-state index in [9.17, 15) is 9.59 Å². The maximum atomic E-state index is 12.4. The number of imide groups is 1. The normalized spacial score (nSPS) is 12.3. The van der Waals surface area contributed by atoms with Crippen molar-refractivity contribution >= 4 is 17.5 Å². The molecule has 0 radical (unpaired) electrons. The molecule has 0 spiro atoms. The van der Waals surface area contributed by atoms with E-state index in [1.165, 1.54) is 4.90 Å². The lowest BCUT2D eigenvalue weighted by molar-refractivity contribution is 0.0652. The Kier molecular flexibility index (Phi) is 6.96.